The first-order valence-electron chi connectivity index (χ1n) is 6.72. The van der Waals surface area contributed by atoms with Crippen LogP contribution in [0.3, 0.4) is 0 Å². The lowest BCUT2D eigenvalue weighted by Crippen LogP contribution is -2.38. The second-order valence-corrected chi connectivity index (χ2v) is 6.19. The second kappa shape index (κ2) is 6.41. The van der Waals surface area contributed by atoms with E-state index < -0.39 is 5.60 Å². The Morgan fingerprint density at radius 1 is 1.19 bits per heavy atom. The van der Waals surface area contributed by atoms with Crippen LogP contribution in [0.15, 0.2) is 53.0 Å². The number of rotatable bonds is 4. The summed E-state index contributed by atoms with van der Waals surface area (Å²) in [6, 6.07) is 14.8. The van der Waals surface area contributed by atoms with Crippen LogP contribution in [0.2, 0.25) is 0 Å². The van der Waals surface area contributed by atoms with E-state index in [0.717, 1.165) is 15.6 Å². The molecule has 0 aliphatic heterocycles. The Morgan fingerprint density at radius 2 is 1.81 bits per heavy atom. The molecule has 1 atom stereocenters. The van der Waals surface area contributed by atoms with E-state index in [1.165, 1.54) is 0 Å². The number of hydrogen-bond donors (Lipinski definition) is 2. The number of halogens is 1. The number of benzene rings is 2. The zero-order valence-corrected chi connectivity index (χ0v) is 13.6. The molecule has 110 valence electrons. The van der Waals surface area contributed by atoms with Crippen molar-refractivity contribution in [2.75, 3.05) is 6.54 Å². The van der Waals surface area contributed by atoms with E-state index in [1.54, 1.807) is 13.0 Å². The van der Waals surface area contributed by atoms with E-state index in [2.05, 4.69) is 21.2 Å². The van der Waals surface area contributed by atoms with Gasteiger partial charge in [-0.05, 0) is 43.2 Å². The molecular formula is C17H18BrNO2. The van der Waals surface area contributed by atoms with Crippen molar-refractivity contribution in [3.05, 3.63) is 69.7 Å². The van der Waals surface area contributed by atoms with E-state index in [1.807, 2.05) is 49.4 Å². The Labute approximate surface area is 133 Å². The molecule has 0 saturated carbocycles. The van der Waals surface area contributed by atoms with Crippen molar-refractivity contribution in [3.63, 3.8) is 0 Å². The molecule has 1 amide bonds. The van der Waals surface area contributed by atoms with Gasteiger partial charge in [0, 0.05) is 10.0 Å². The highest BCUT2D eigenvalue weighted by atomic mass is 79.9. The van der Waals surface area contributed by atoms with Crippen LogP contribution in [0, 0.1) is 6.92 Å². The molecule has 1 unspecified atom stereocenters. The van der Waals surface area contributed by atoms with Crippen LogP contribution in [-0.4, -0.2) is 17.6 Å². The first kappa shape index (κ1) is 15.7. The van der Waals surface area contributed by atoms with Gasteiger partial charge in [0.25, 0.3) is 5.91 Å². The van der Waals surface area contributed by atoms with Crippen molar-refractivity contribution in [2.24, 2.45) is 0 Å². The Balaban J connectivity index is 2.06. The molecule has 2 aromatic rings. The van der Waals surface area contributed by atoms with Crippen LogP contribution >= 0.6 is 15.9 Å². The van der Waals surface area contributed by atoms with Crippen molar-refractivity contribution >= 4 is 21.8 Å². The molecule has 2 aromatic carbocycles. The average Bonchev–Trinajstić information content (AvgIpc) is 2.46. The zero-order valence-electron chi connectivity index (χ0n) is 12.1. The Bertz CT molecular complexity index is 635. The van der Waals surface area contributed by atoms with Crippen molar-refractivity contribution in [1.82, 2.24) is 5.32 Å². The number of nitrogens with one attached hydrogen (secondary N) is 1. The summed E-state index contributed by atoms with van der Waals surface area (Å²) in [7, 11) is 0. The third kappa shape index (κ3) is 3.93. The number of carbonyl (C=O) groups excluding carboxylic acids is 1. The highest BCUT2D eigenvalue weighted by Crippen LogP contribution is 2.22. The van der Waals surface area contributed by atoms with Crippen molar-refractivity contribution in [3.8, 4) is 0 Å². The van der Waals surface area contributed by atoms with Crippen molar-refractivity contribution in [2.45, 2.75) is 19.4 Å². The first-order chi connectivity index (χ1) is 9.90. The molecule has 0 saturated heterocycles. The molecular weight excluding hydrogens is 330 g/mol. The molecule has 21 heavy (non-hydrogen) atoms. The Morgan fingerprint density at radius 3 is 2.43 bits per heavy atom. The van der Waals surface area contributed by atoms with Gasteiger partial charge in [-0.1, -0.05) is 46.3 Å². The van der Waals surface area contributed by atoms with Gasteiger partial charge < -0.3 is 10.4 Å². The number of hydrogen-bond acceptors (Lipinski definition) is 2. The van der Waals surface area contributed by atoms with Crippen LogP contribution in [-0.2, 0) is 5.60 Å². The number of carbonyl (C=O) groups is 1. The second-order valence-electron chi connectivity index (χ2n) is 5.28. The quantitative estimate of drug-likeness (QED) is 0.890. The molecule has 0 aliphatic rings. The van der Waals surface area contributed by atoms with Crippen LogP contribution in [0.5, 0.6) is 0 Å². The fraction of sp³-hybridized carbons (Fsp3) is 0.235. The number of aryl methyl sites for hydroxylation is 1. The van der Waals surface area contributed by atoms with Gasteiger partial charge in [-0.2, -0.15) is 0 Å². The Kier molecular flexibility index (Phi) is 4.80. The normalized spacial score (nSPS) is 13.5. The summed E-state index contributed by atoms with van der Waals surface area (Å²) in [6.45, 7) is 3.73. The molecule has 0 fully saturated rings. The fourth-order valence-electron chi connectivity index (χ4n) is 2.09. The molecule has 0 aliphatic carbocycles. The highest BCUT2D eigenvalue weighted by Gasteiger charge is 2.24. The Hall–Kier alpha value is -1.65. The highest BCUT2D eigenvalue weighted by molar-refractivity contribution is 9.10. The maximum Gasteiger partial charge on any atom is 0.251 e. The topological polar surface area (TPSA) is 49.3 Å². The summed E-state index contributed by atoms with van der Waals surface area (Å²) >= 11 is 3.36. The monoisotopic (exact) mass is 347 g/mol. The van der Waals surface area contributed by atoms with Gasteiger partial charge in [0.2, 0.25) is 0 Å². The molecule has 2 rings (SSSR count). The molecule has 2 N–H and O–H groups in total. The third-order valence-corrected chi connectivity index (χ3v) is 3.98. The molecule has 0 heterocycles. The molecule has 4 heteroatoms. The minimum Gasteiger partial charge on any atom is -0.384 e. The van der Waals surface area contributed by atoms with Gasteiger partial charge in [0.1, 0.15) is 5.60 Å². The van der Waals surface area contributed by atoms with E-state index >= 15 is 0 Å². The summed E-state index contributed by atoms with van der Waals surface area (Å²) in [6.07, 6.45) is 0. The molecule has 0 spiro atoms. The van der Waals surface area contributed by atoms with Gasteiger partial charge in [-0.3, -0.25) is 4.79 Å². The predicted octanol–water partition coefficient (Wildman–Crippen LogP) is 3.40. The molecule has 0 radical (unpaired) electrons. The molecule has 3 nitrogen and oxygen atoms in total. The third-order valence-electron chi connectivity index (χ3n) is 3.45. The van der Waals surface area contributed by atoms with Crippen molar-refractivity contribution < 1.29 is 9.90 Å². The minimum atomic E-state index is -1.11. The van der Waals surface area contributed by atoms with Gasteiger partial charge in [0.15, 0.2) is 0 Å². The lowest BCUT2D eigenvalue weighted by molar-refractivity contribution is 0.0526. The summed E-state index contributed by atoms with van der Waals surface area (Å²) in [5, 5.41) is 13.3. The van der Waals surface area contributed by atoms with Gasteiger partial charge >= 0.3 is 0 Å². The predicted molar refractivity (Wildman–Crippen MR) is 87.2 cm³/mol. The number of amides is 1. The van der Waals surface area contributed by atoms with Crippen LogP contribution < -0.4 is 5.32 Å². The van der Waals surface area contributed by atoms with E-state index in [9.17, 15) is 9.90 Å². The van der Waals surface area contributed by atoms with Crippen molar-refractivity contribution in [1.29, 1.82) is 0 Å². The first-order valence-corrected chi connectivity index (χ1v) is 7.52. The van der Waals surface area contributed by atoms with Crippen LogP contribution in [0.25, 0.3) is 0 Å². The summed E-state index contributed by atoms with van der Waals surface area (Å²) in [5.74, 6) is -0.175. The zero-order chi connectivity index (χ0) is 15.5. The van der Waals surface area contributed by atoms with Crippen LogP contribution in [0.1, 0.15) is 28.4 Å². The smallest absolute Gasteiger partial charge is 0.251 e. The summed E-state index contributed by atoms with van der Waals surface area (Å²) < 4.78 is 0.950. The van der Waals surface area contributed by atoms with E-state index in [0.29, 0.717) is 5.56 Å². The summed E-state index contributed by atoms with van der Waals surface area (Å²) in [5.41, 5.74) is 1.19. The van der Waals surface area contributed by atoms with E-state index in [4.69, 9.17) is 0 Å². The molecule has 0 aromatic heterocycles. The number of aliphatic hydroxyl groups is 1. The van der Waals surface area contributed by atoms with Gasteiger partial charge in [-0.25, -0.2) is 0 Å². The average molecular weight is 348 g/mol. The largest absolute Gasteiger partial charge is 0.384 e. The van der Waals surface area contributed by atoms with E-state index in [-0.39, 0.29) is 12.5 Å². The lowest BCUT2D eigenvalue weighted by Gasteiger charge is -2.24. The fourth-order valence-corrected chi connectivity index (χ4v) is 2.35. The lowest BCUT2D eigenvalue weighted by atomic mass is 9.96. The molecule has 0 bridgehead atoms. The van der Waals surface area contributed by atoms with Gasteiger partial charge in [0.05, 0.1) is 6.54 Å². The maximum absolute atomic E-state index is 12.2. The standard InChI is InChI=1S/C17H18BrNO2/c1-12-5-3-4-6-15(12)16(20)19-11-17(2,21)13-7-9-14(18)10-8-13/h3-10,21H,11H2,1-2H3,(H,19,20). The SMILES string of the molecule is Cc1ccccc1C(=O)NCC(C)(O)c1ccc(Br)cc1. The minimum absolute atomic E-state index is 0.155. The summed E-state index contributed by atoms with van der Waals surface area (Å²) in [4.78, 5) is 12.2. The maximum atomic E-state index is 12.2. The van der Waals surface area contributed by atoms with Gasteiger partial charge in [-0.15, -0.1) is 0 Å². The van der Waals surface area contributed by atoms with Crippen LogP contribution in [0.4, 0.5) is 0 Å².